The lowest BCUT2D eigenvalue weighted by molar-refractivity contribution is -0.384. The van der Waals surface area contributed by atoms with Crippen molar-refractivity contribution >= 4 is 22.4 Å². The van der Waals surface area contributed by atoms with Gasteiger partial charge in [0.25, 0.3) is 5.69 Å². The maximum absolute atomic E-state index is 12.8. The van der Waals surface area contributed by atoms with E-state index in [1.165, 1.54) is 46.2 Å². The zero-order chi connectivity index (χ0) is 21.1. The maximum Gasteiger partial charge on any atom is 0.338 e. The van der Waals surface area contributed by atoms with Crippen molar-refractivity contribution in [3.8, 4) is 0 Å². The second-order valence-corrected chi connectivity index (χ2v) is 7.85. The maximum atomic E-state index is 12.8. The molecule has 0 unspecified atom stereocenters. The van der Waals surface area contributed by atoms with Crippen LogP contribution in [-0.4, -0.2) is 17.0 Å². The number of fused-ring (bicyclic) bond motifs is 1. The molecule has 1 aliphatic carbocycles. The summed E-state index contributed by atoms with van der Waals surface area (Å²) in [6, 6.07) is 18.4. The number of rotatable bonds is 5. The Morgan fingerprint density at radius 2 is 1.77 bits per heavy atom. The average molecular weight is 403 g/mol. The SMILES string of the molecule is CCc1ccc2ccccc2c1[C@H]1CCCC[C@H]1OC(=O)c1ccc([N+](=O)[O-])cc1. The largest absolute Gasteiger partial charge is 0.458 e. The van der Waals surface area contributed by atoms with Gasteiger partial charge in [-0.05, 0) is 59.7 Å². The molecule has 154 valence electrons. The lowest BCUT2D eigenvalue weighted by Crippen LogP contribution is -2.29. The average Bonchev–Trinajstić information content (AvgIpc) is 2.78. The summed E-state index contributed by atoms with van der Waals surface area (Å²) in [5.74, 6) is -0.262. The van der Waals surface area contributed by atoms with Crippen LogP contribution in [0.5, 0.6) is 0 Å². The molecular weight excluding hydrogens is 378 g/mol. The van der Waals surface area contributed by atoms with E-state index in [-0.39, 0.29) is 17.7 Å². The van der Waals surface area contributed by atoms with Gasteiger partial charge in [-0.1, -0.05) is 49.7 Å². The van der Waals surface area contributed by atoms with Crippen molar-refractivity contribution < 1.29 is 14.5 Å². The molecule has 1 fully saturated rings. The number of carbonyl (C=O) groups excluding carboxylic acids is 1. The van der Waals surface area contributed by atoms with Crippen molar-refractivity contribution in [3.63, 3.8) is 0 Å². The summed E-state index contributed by atoms with van der Waals surface area (Å²) >= 11 is 0. The molecule has 0 radical (unpaired) electrons. The van der Waals surface area contributed by atoms with Gasteiger partial charge in [0.2, 0.25) is 0 Å². The first kappa shape index (κ1) is 20.1. The number of nitro groups is 1. The Morgan fingerprint density at radius 3 is 2.50 bits per heavy atom. The number of benzene rings is 3. The molecule has 2 atom stereocenters. The molecule has 0 bridgehead atoms. The van der Waals surface area contributed by atoms with Crippen LogP contribution in [0, 0.1) is 10.1 Å². The third kappa shape index (κ3) is 3.92. The van der Waals surface area contributed by atoms with Crippen LogP contribution in [-0.2, 0) is 11.2 Å². The number of aryl methyl sites for hydroxylation is 1. The molecule has 0 heterocycles. The van der Waals surface area contributed by atoms with Gasteiger partial charge in [0.05, 0.1) is 10.5 Å². The molecule has 30 heavy (non-hydrogen) atoms. The molecule has 0 spiro atoms. The van der Waals surface area contributed by atoms with Gasteiger partial charge in [-0.2, -0.15) is 0 Å². The molecule has 1 aliphatic rings. The van der Waals surface area contributed by atoms with Crippen LogP contribution >= 0.6 is 0 Å². The minimum Gasteiger partial charge on any atom is -0.458 e. The van der Waals surface area contributed by atoms with Crippen molar-refractivity contribution in [1.82, 2.24) is 0 Å². The number of ether oxygens (including phenoxy) is 1. The molecule has 5 heteroatoms. The van der Waals surface area contributed by atoms with E-state index in [0.717, 1.165) is 32.1 Å². The first-order valence-electron chi connectivity index (χ1n) is 10.5. The molecule has 1 saturated carbocycles. The Morgan fingerprint density at radius 1 is 1.03 bits per heavy atom. The number of nitrogens with zero attached hydrogens (tertiary/aromatic N) is 1. The third-order valence-corrected chi connectivity index (χ3v) is 6.09. The molecule has 3 aromatic rings. The third-order valence-electron chi connectivity index (χ3n) is 6.09. The van der Waals surface area contributed by atoms with Crippen LogP contribution in [0.4, 0.5) is 5.69 Å². The van der Waals surface area contributed by atoms with Gasteiger partial charge in [-0.15, -0.1) is 0 Å². The number of nitro benzene ring substituents is 1. The second kappa shape index (κ2) is 8.66. The van der Waals surface area contributed by atoms with E-state index in [1.807, 2.05) is 6.07 Å². The molecule has 3 aromatic carbocycles. The minimum atomic E-state index is -0.473. The molecule has 0 N–H and O–H groups in total. The topological polar surface area (TPSA) is 69.4 Å². The van der Waals surface area contributed by atoms with Crippen molar-refractivity contribution in [1.29, 1.82) is 0 Å². The van der Waals surface area contributed by atoms with Crippen LogP contribution in [0.1, 0.15) is 60.0 Å². The van der Waals surface area contributed by atoms with E-state index in [0.29, 0.717) is 5.56 Å². The number of hydrogen-bond donors (Lipinski definition) is 0. The Labute approximate surface area is 175 Å². The van der Waals surface area contributed by atoms with Gasteiger partial charge in [0, 0.05) is 18.1 Å². The van der Waals surface area contributed by atoms with Crippen LogP contribution in [0.2, 0.25) is 0 Å². The van der Waals surface area contributed by atoms with Gasteiger partial charge in [0.1, 0.15) is 6.10 Å². The normalized spacial score (nSPS) is 18.8. The first-order valence-corrected chi connectivity index (χ1v) is 10.5. The fourth-order valence-electron chi connectivity index (χ4n) is 4.58. The van der Waals surface area contributed by atoms with Gasteiger partial charge >= 0.3 is 5.97 Å². The molecule has 5 nitrogen and oxygen atoms in total. The quantitative estimate of drug-likeness (QED) is 0.289. The van der Waals surface area contributed by atoms with E-state index >= 15 is 0 Å². The van der Waals surface area contributed by atoms with E-state index in [1.54, 1.807) is 0 Å². The lowest BCUT2D eigenvalue weighted by atomic mass is 9.77. The van der Waals surface area contributed by atoms with Crippen molar-refractivity contribution in [2.24, 2.45) is 0 Å². The van der Waals surface area contributed by atoms with E-state index in [2.05, 4.69) is 37.3 Å². The van der Waals surface area contributed by atoms with Gasteiger partial charge in [0.15, 0.2) is 0 Å². The molecular formula is C25H25NO4. The van der Waals surface area contributed by atoms with Crippen LogP contribution < -0.4 is 0 Å². The number of esters is 1. The number of non-ortho nitro benzene ring substituents is 1. The second-order valence-electron chi connectivity index (χ2n) is 7.85. The Bertz CT molecular complexity index is 1070. The molecule has 0 aromatic heterocycles. The summed E-state index contributed by atoms with van der Waals surface area (Å²) in [5, 5.41) is 13.3. The predicted octanol–water partition coefficient (Wildman–Crippen LogP) is 6.19. The Balaban J connectivity index is 1.65. The highest BCUT2D eigenvalue weighted by atomic mass is 16.6. The van der Waals surface area contributed by atoms with Gasteiger partial charge < -0.3 is 4.74 Å². The van der Waals surface area contributed by atoms with E-state index in [9.17, 15) is 14.9 Å². The smallest absolute Gasteiger partial charge is 0.338 e. The van der Waals surface area contributed by atoms with E-state index < -0.39 is 10.9 Å². The summed E-state index contributed by atoms with van der Waals surface area (Å²) in [5.41, 5.74) is 2.91. The zero-order valence-electron chi connectivity index (χ0n) is 17.0. The zero-order valence-corrected chi connectivity index (χ0v) is 17.0. The monoisotopic (exact) mass is 403 g/mol. The van der Waals surface area contributed by atoms with E-state index in [4.69, 9.17) is 4.74 Å². The molecule has 0 aliphatic heterocycles. The summed E-state index contributed by atoms with van der Waals surface area (Å²) in [7, 11) is 0. The highest BCUT2D eigenvalue weighted by Gasteiger charge is 2.32. The molecule has 0 saturated heterocycles. The highest BCUT2D eigenvalue weighted by Crippen LogP contribution is 2.40. The highest BCUT2D eigenvalue weighted by molar-refractivity contribution is 5.90. The summed E-state index contributed by atoms with van der Waals surface area (Å²) in [6.45, 7) is 2.16. The standard InChI is InChI=1S/C25H25NO4/c1-2-17-11-12-18-7-3-4-8-21(18)24(17)22-9-5-6-10-23(22)30-25(27)19-13-15-20(16-14-19)26(28)29/h3-4,7-8,11-16,22-23H,2,5-6,9-10H2,1H3/t22-,23+/m0/s1. The predicted molar refractivity (Wildman–Crippen MR) is 117 cm³/mol. The lowest BCUT2D eigenvalue weighted by Gasteiger charge is -2.33. The first-order chi connectivity index (χ1) is 14.6. The summed E-state index contributed by atoms with van der Waals surface area (Å²) in [4.78, 5) is 23.2. The number of hydrogen-bond acceptors (Lipinski definition) is 4. The molecule has 0 amide bonds. The minimum absolute atomic E-state index is 0.0366. The number of carbonyl (C=O) groups is 1. The van der Waals surface area contributed by atoms with Gasteiger partial charge in [-0.3, -0.25) is 10.1 Å². The van der Waals surface area contributed by atoms with Crippen molar-refractivity contribution in [2.45, 2.75) is 51.0 Å². The fraction of sp³-hybridized carbons (Fsp3) is 0.320. The molecule has 4 rings (SSSR count). The van der Waals surface area contributed by atoms with Crippen LogP contribution in [0.3, 0.4) is 0 Å². The van der Waals surface area contributed by atoms with Crippen molar-refractivity contribution in [3.05, 3.63) is 87.5 Å². The van der Waals surface area contributed by atoms with Crippen LogP contribution in [0.15, 0.2) is 60.7 Å². The Hall–Kier alpha value is -3.21. The van der Waals surface area contributed by atoms with Crippen molar-refractivity contribution in [2.75, 3.05) is 0 Å². The van der Waals surface area contributed by atoms with Gasteiger partial charge in [-0.25, -0.2) is 4.79 Å². The summed E-state index contributed by atoms with van der Waals surface area (Å²) in [6.07, 6.45) is 4.69. The van der Waals surface area contributed by atoms with Crippen LogP contribution in [0.25, 0.3) is 10.8 Å². The summed E-state index contributed by atoms with van der Waals surface area (Å²) < 4.78 is 5.98. The Kier molecular flexibility index (Phi) is 5.79. The fourth-order valence-corrected chi connectivity index (χ4v) is 4.58.